The first-order valence-electron chi connectivity index (χ1n) is 12.9. The lowest BCUT2D eigenvalue weighted by molar-refractivity contribution is -0.239. The highest BCUT2D eigenvalue weighted by molar-refractivity contribution is 5.17. The van der Waals surface area contributed by atoms with Crippen molar-refractivity contribution in [2.75, 3.05) is 27.4 Å². The minimum absolute atomic E-state index is 0.0512. The standard InChI is InChI=1S/C14H16O3.C9H12O2.C7H12O3/c15-12-7-6-11-9-16-14(17-13(11)8-12)10-4-2-1-3-5-10;1-10-9(11-2)8-6-4-3-5-7-8;8-4-5-1-2-6(9)3-7(5)10/h1-7,11-15H,8-9H2;3-7,9H,1-2H3;1-2,5-10H,3-4H2. The summed E-state index contributed by atoms with van der Waals surface area (Å²) in [6, 6.07) is 19.7. The fourth-order valence-corrected chi connectivity index (χ4v) is 4.45. The van der Waals surface area contributed by atoms with Crippen LogP contribution in [0.2, 0.25) is 0 Å². The van der Waals surface area contributed by atoms with E-state index in [1.54, 1.807) is 26.4 Å². The fourth-order valence-electron chi connectivity index (χ4n) is 4.45. The van der Waals surface area contributed by atoms with Gasteiger partial charge in [0.25, 0.3) is 0 Å². The zero-order chi connectivity index (χ0) is 27.3. The van der Waals surface area contributed by atoms with Gasteiger partial charge in [-0.1, -0.05) is 85.0 Å². The Morgan fingerprint density at radius 3 is 2.03 bits per heavy atom. The smallest absolute Gasteiger partial charge is 0.184 e. The van der Waals surface area contributed by atoms with E-state index >= 15 is 0 Å². The predicted molar refractivity (Wildman–Crippen MR) is 143 cm³/mol. The molecule has 3 aliphatic rings. The Balaban J connectivity index is 0.000000167. The van der Waals surface area contributed by atoms with Crippen molar-refractivity contribution in [3.8, 4) is 0 Å². The molecule has 0 radical (unpaired) electrons. The Bertz CT molecular complexity index is 963. The van der Waals surface area contributed by atoms with Gasteiger partial charge in [0.15, 0.2) is 12.6 Å². The number of benzene rings is 2. The molecule has 2 aromatic carbocycles. The third-order valence-corrected chi connectivity index (χ3v) is 6.61. The summed E-state index contributed by atoms with van der Waals surface area (Å²) in [6.07, 6.45) is 6.09. The van der Waals surface area contributed by atoms with Crippen LogP contribution in [0.25, 0.3) is 0 Å². The molecule has 38 heavy (non-hydrogen) atoms. The van der Waals surface area contributed by atoms with E-state index in [2.05, 4.69) is 0 Å². The number of methoxy groups -OCH3 is 2. The summed E-state index contributed by atoms with van der Waals surface area (Å²) in [4.78, 5) is 0. The van der Waals surface area contributed by atoms with Crippen molar-refractivity contribution >= 4 is 0 Å². The zero-order valence-corrected chi connectivity index (χ0v) is 22.0. The van der Waals surface area contributed by atoms with Gasteiger partial charge >= 0.3 is 0 Å². The van der Waals surface area contributed by atoms with Crippen LogP contribution in [-0.4, -0.2) is 72.3 Å². The number of fused-ring (bicyclic) bond motifs is 1. The Morgan fingerprint density at radius 1 is 0.816 bits per heavy atom. The summed E-state index contributed by atoms with van der Waals surface area (Å²) < 4.78 is 21.8. The summed E-state index contributed by atoms with van der Waals surface area (Å²) in [5.41, 5.74) is 2.08. The number of hydrogen-bond donors (Lipinski definition) is 4. The minimum atomic E-state index is -0.593. The van der Waals surface area contributed by atoms with Crippen LogP contribution in [0, 0.1) is 11.8 Å². The van der Waals surface area contributed by atoms with Crippen molar-refractivity contribution in [3.05, 3.63) is 96.1 Å². The van der Waals surface area contributed by atoms with Crippen molar-refractivity contribution in [2.45, 2.75) is 49.8 Å². The van der Waals surface area contributed by atoms with Gasteiger partial charge in [-0.2, -0.15) is 0 Å². The largest absolute Gasteiger partial charge is 0.396 e. The summed E-state index contributed by atoms with van der Waals surface area (Å²) >= 11 is 0. The molecule has 4 N–H and O–H groups in total. The average Bonchev–Trinajstić information content (AvgIpc) is 2.95. The Kier molecular flexibility index (Phi) is 12.6. The van der Waals surface area contributed by atoms with Crippen molar-refractivity contribution in [1.29, 1.82) is 0 Å². The van der Waals surface area contributed by atoms with Gasteiger partial charge in [0.1, 0.15) is 0 Å². The monoisotopic (exact) mass is 528 g/mol. The third kappa shape index (κ3) is 9.11. The molecule has 8 heteroatoms. The van der Waals surface area contributed by atoms with Gasteiger partial charge in [0.2, 0.25) is 0 Å². The molecule has 1 aliphatic heterocycles. The van der Waals surface area contributed by atoms with Gasteiger partial charge in [-0.05, 0) is 0 Å². The molecule has 208 valence electrons. The van der Waals surface area contributed by atoms with Crippen molar-refractivity contribution in [2.24, 2.45) is 11.8 Å². The van der Waals surface area contributed by atoms with Crippen LogP contribution < -0.4 is 0 Å². The molecule has 8 nitrogen and oxygen atoms in total. The molecule has 7 atom stereocenters. The van der Waals surface area contributed by atoms with Crippen LogP contribution in [0.15, 0.2) is 85.0 Å². The molecule has 0 saturated carbocycles. The molecular formula is C30H40O8. The normalized spacial score (nSPS) is 29.9. The lowest BCUT2D eigenvalue weighted by Gasteiger charge is -2.38. The number of hydrogen-bond acceptors (Lipinski definition) is 8. The first-order valence-corrected chi connectivity index (χ1v) is 12.9. The van der Waals surface area contributed by atoms with Gasteiger partial charge in [-0.25, -0.2) is 0 Å². The van der Waals surface area contributed by atoms with E-state index in [0.717, 1.165) is 11.1 Å². The maximum absolute atomic E-state index is 9.60. The second-order valence-electron chi connectivity index (χ2n) is 9.42. The van der Waals surface area contributed by atoms with Crippen LogP contribution in [0.4, 0.5) is 0 Å². The highest BCUT2D eigenvalue weighted by Crippen LogP contribution is 2.34. The van der Waals surface area contributed by atoms with Crippen molar-refractivity contribution in [1.82, 2.24) is 0 Å². The van der Waals surface area contributed by atoms with Gasteiger partial charge < -0.3 is 39.4 Å². The molecular weight excluding hydrogens is 488 g/mol. The van der Waals surface area contributed by atoms with Crippen molar-refractivity contribution in [3.63, 3.8) is 0 Å². The second-order valence-corrected chi connectivity index (χ2v) is 9.42. The summed E-state index contributed by atoms with van der Waals surface area (Å²) in [6.45, 7) is 0.609. The average molecular weight is 529 g/mol. The van der Waals surface area contributed by atoms with E-state index in [1.807, 2.05) is 72.8 Å². The Hall–Kier alpha value is -2.40. The topological polar surface area (TPSA) is 118 Å². The van der Waals surface area contributed by atoms with E-state index in [9.17, 15) is 5.11 Å². The number of rotatable bonds is 5. The molecule has 0 amide bonds. The van der Waals surface area contributed by atoms with Crippen LogP contribution in [0.1, 0.15) is 36.5 Å². The molecule has 1 fully saturated rings. The van der Waals surface area contributed by atoms with E-state index in [4.69, 9.17) is 34.3 Å². The third-order valence-electron chi connectivity index (χ3n) is 6.61. The molecule has 7 unspecified atom stereocenters. The quantitative estimate of drug-likeness (QED) is 0.345. The van der Waals surface area contributed by atoms with Crippen LogP contribution >= 0.6 is 0 Å². The van der Waals surface area contributed by atoms with E-state index in [1.165, 1.54) is 0 Å². The minimum Gasteiger partial charge on any atom is -0.396 e. The van der Waals surface area contributed by atoms with Crippen LogP contribution in [0.5, 0.6) is 0 Å². The number of aliphatic hydroxyl groups excluding tert-OH is 4. The van der Waals surface area contributed by atoms with Crippen LogP contribution in [-0.2, 0) is 18.9 Å². The molecule has 2 aliphatic carbocycles. The van der Waals surface area contributed by atoms with Gasteiger partial charge in [-0.3, -0.25) is 0 Å². The molecule has 1 saturated heterocycles. The van der Waals surface area contributed by atoms with E-state index in [0.29, 0.717) is 19.4 Å². The summed E-state index contributed by atoms with van der Waals surface area (Å²) in [5.74, 6) is 0.0850. The molecule has 5 rings (SSSR count). The molecule has 0 bridgehead atoms. The maximum Gasteiger partial charge on any atom is 0.184 e. The van der Waals surface area contributed by atoms with Crippen molar-refractivity contribution < 1.29 is 39.4 Å². The van der Waals surface area contributed by atoms with E-state index < -0.39 is 12.2 Å². The molecule has 1 heterocycles. The summed E-state index contributed by atoms with van der Waals surface area (Å²) in [7, 11) is 3.25. The predicted octanol–water partition coefficient (Wildman–Crippen LogP) is 3.29. The lowest BCUT2D eigenvalue weighted by atomic mass is 9.90. The SMILES string of the molecule is COC(OC)c1ccccc1.OC1C=CC2COC(c3ccccc3)OC2C1.OCC1C=CC(O)CC1O. The maximum atomic E-state index is 9.60. The zero-order valence-electron chi connectivity index (χ0n) is 22.0. The fraction of sp³-hybridized carbons (Fsp3) is 0.467. The van der Waals surface area contributed by atoms with Gasteiger partial charge in [-0.15, -0.1) is 0 Å². The first kappa shape index (κ1) is 30.1. The first-order chi connectivity index (χ1) is 18.4. The number of ether oxygens (including phenoxy) is 4. The Labute approximate surface area is 224 Å². The van der Waals surface area contributed by atoms with Crippen LogP contribution in [0.3, 0.4) is 0 Å². The summed E-state index contributed by atoms with van der Waals surface area (Å²) in [5, 5.41) is 36.4. The number of aliphatic hydroxyl groups is 4. The highest BCUT2D eigenvalue weighted by atomic mass is 16.7. The van der Waals surface area contributed by atoms with Gasteiger partial charge in [0, 0.05) is 50.0 Å². The van der Waals surface area contributed by atoms with Gasteiger partial charge in [0.05, 0.1) is 37.6 Å². The molecule has 2 aromatic rings. The second kappa shape index (κ2) is 15.9. The molecule has 0 aromatic heterocycles. The molecule has 0 spiro atoms. The lowest BCUT2D eigenvalue weighted by Crippen LogP contribution is -2.39. The Morgan fingerprint density at radius 2 is 1.42 bits per heavy atom. The highest BCUT2D eigenvalue weighted by Gasteiger charge is 2.34. The van der Waals surface area contributed by atoms with E-state index in [-0.39, 0.29) is 43.2 Å².